The summed E-state index contributed by atoms with van der Waals surface area (Å²) in [4.78, 5) is 0. The Morgan fingerprint density at radius 3 is 2.67 bits per heavy atom. The van der Waals surface area contributed by atoms with Crippen LogP contribution in [-0.2, 0) is 0 Å². The predicted octanol–water partition coefficient (Wildman–Crippen LogP) is 4.29. The molecule has 3 nitrogen and oxygen atoms in total. The maximum atomic E-state index is 10.3. The fourth-order valence-corrected chi connectivity index (χ4v) is 2.61. The standard InChI is InChI=1S/C13H12Br2O3/c1-2-17-11-4-3-8(7-10(11)14)12(16)9-5-6-18-13(9)15/h3-7,12,16H,2H2,1H3. The van der Waals surface area contributed by atoms with Crippen LogP contribution >= 0.6 is 31.9 Å². The second-order valence-corrected chi connectivity index (χ2v) is 5.25. The Bertz CT molecular complexity index is 537. The van der Waals surface area contributed by atoms with E-state index in [9.17, 15) is 5.11 Å². The van der Waals surface area contributed by atoms with Gasteiger partial charge in [0.25, 0.3) is 0 Å². The minimum absolute atomic E-state index is 0.542. The molecular weight excluding hydrogens is 364 g/mol. The summed E-state index contributed by atoms with van der Waals surface area (Å²) in [5, 5.41) is 10.3. The van der Waals surface area contributed by atoms with E-state index in [-0.39, 0.29) is 0 Å². The van der Waals surface area contributed by atoms with Gasteiger partial charge >= 0.3 is 0 Å². The van der Waals surface area contributed by atoms with Gasteiger partial charge < -0.3 is 14.3 Å². The Morgan fingerprint density at radius 2 is 2.11 bits per heavy atom. The van der Waals surface area contributed by atoms with Crippen LogP contribution in [0.5, 0.6) is 5.75 Å². The van der Waals surface area contributed by atoms with Crippen molar-refractivity contribution in [3.05, 3.63) is 50.8 Å². The average molecular weight is 376 g/mol. The maximum Gasteiger partial charge on any atom is 0.175 e. The maximum absolute atomic E-state index is 10.3. The number of furan rings is 1. The Hall–Kier alpha value is -0.780. The predicted molar refractivity (Wildman–Crippen MR) is 75.8 cm³/mol. The number of benzene rings is 1. The molecule has 0 amide bonds. The van der Waals surface area contributed by atoms with E-state index in [2.05, 4.69) is 31.9 Å². The molecule has 1 heterocycles. The quantitative estimate of drug-likeness (QED) is 0.866. The zero-order valence-corrected chi connectivity index (χ0v) is 12.9. The molecule has 0 aliphatic rings. The van der Waals surface area contributed by atoms with Crippen molar-refractivity contribution < 1.29 is 14.3 Å². The Morgan fingerprint density at radius 1 is 1.33 bits per heavy atom. The lowest BCUT2D eigenvalue weighted by molar-refractivity contribution is 0.217. The largest absolute Gasteiger partial charge is 0.493 e. The summed E-state index contributed by atoms with van der Waals surface area (Å²) in [6, 6.07) is 7.24. The molecule has 0 radical (unpaired) electrons. The van der Waals surface area contributed by atoms with Crippen LogP contribution in [0, 0.1) is 0 Å². The van der Waals surface area contributed by atoms with Gasteiger partial charge in [-0.25, -0.2) is 0 Å². The third-order valence-corrected chi connectivity index (χ3v) is 3.78. The van der Waals surface area contributed by atoms with Crippen LogP contribution in [0.15, 0.2) is 44.1 Å². The molecule has 1 unspecified atom stereocenters. The van der Waals surface area contributed by atoms with Gasteiger partial charge in [-0.1, -0.05) is 6.07 Å². The summed E-state index contributed by atoms with van der Waals surface area (Å²) < 4.78 is 11.9. The van der Waals surface area contributed by atoms with Crippen molar-refractivity contribution in [2.75, 3.05) is 6.61 Å². The van der Waals surface area contributed by atoms with E-state index >= 15 is 0 Å². The fraction of sp³-hybridized carbons (Fsp3) is 0.231. The lowest BCUT2D eigenvalue weighted by atomic mass is 10.0. The smallest absolute Gasteiger partial charge is 0.175 e. The van der Waals surface area contributed by atoms with E-state index in [4.69, 9.17) is 9.15 Å². The van der Waals surface area contributed by atoms with Gasteiger partial charge in [0, 0.05) is 5.56 Å². The monoisotopic (exact) mass is 374 g/mol. The van der Waals surface area contributed by atoms with Crippen molar-refractivity contribution in [2.45, 2.75) is 13.0 Å². The van der Waals surface area contributed by atoms with Crippen molar-refractivity contribution in [2.24, 2.45) is 0 Å². The van der Waals surface area contributed by atoms with E-state index in [1.54, 1.807) is 6.07 Å². The van der Waals surface area contributed by atoms with Crippen LogP contribution < -0.4 is 4.74 Å². The molecule has 96 valence electrons. The fourth-order valence-electron chi connectivity index (χ4n) is 1.64. The van der Waals surface area contributed by atoms with Crippen LogP contribution in [0.4, 0.5) is 0 Å². The third-order valence-electron chi connectivity index (χ3n) is 2.51. The second-order valence-electron chi connectivity index (χ2n) is 3.68. The molecule has 1 N–H and O–H groups in total. The minimum Gasteiger partial charge on any atom is -0.493 e. The van der Waals surface area contributed by atoms with Crippen molar-refractivity contribution in [3.63, 3.8) is 0 Å². The number of hydrogen-bond acceptors (Lipinski definition) is 3. The summed E-state index contributed by atoms with van der Waals surface area (Å²) in [6.07, 6.45) is 0.803. The summed E-state index contributed by atoms with van der Waals surface area (Å²) in [5.74, 6) is 0.764. The summed E-state index contributed by atoms with van der Waals surface area (Å²) >= 11 is 6.69. The number of ether oxygens (including phenoxy) is 1. The first-order valence-corrected chi connectivity index (χ1v) is 7.05. The van der Waals surface area contributed by atoms with Crippen molar-refractivity contribution in [3.8, 4) is 5.75 Å². The Kier molecular flexibility index (Phi) is 4.48. The van der Waals surface area contributed by atoms with Crippen LogP contribution in [0.25, 0.3) is 0 Å². The Balaban J connectivity index is 2.29. The van der Waals surface area contributed by atoms with Crippen LogP contribution in [0.3, 0.4) is 0 Å². The number of halogens is 2. The van der Waals surface area contributed by atoms with Gasteiger partial charge in [0.1, 0.15) is 11.9 Å². The second kappa shape index (κ2) is 5.91. The first-order chi connectivity index (χ1) is 8.63. The van der Waals surface area contributed by atoms with Crippen molar-refractivity contribution in [1.82, 2.24) is 0 Å². The van der Waals surface area contributed by atoms with Gasteiger partial charge in [0.2, 0.25) is 0 Å². The minimum atomic E-state index is -0.731. The highest BCUT2D eigenvalue weighted by Crippen LogP contribution is 2.33. The molecule has 1 atom stereocenters. The number of hydrogen-bond donors (Lipinski definition) is 1. The van der Waals surface area contributed by atoms with Gasteiger partial charge in [-0.2, -0.15) is 0 Å². The molecule has 1 aromatic heterocycles. The third kappa shape index (κ3) is 2.79. The van der Waals surface area contributed by atoms with Gasteiger partial charge in [0.15, 0.2) is 4.67 Å². The van der Waals surface area contributed by atoms with E-state index in [1.807, 2.05) is 25.1 Å². The molecular formula is C13H12Br2O3. The average Bonchev–Trinajstić information content (AvgIpc) is 2.77. The topological polar surface area (TPSA) is 42.6 Å². The zero-order chi connectivity index (χ0) is 13.1. The molecule has 0 aliphatic carbocycles. The molecule has 5 heteroatoms. The molecule has 0 saturated carbocycles. The van der Waals surface area contributed by atoms with Crippen molar-refractivity contribution >= 4 is 31.9 Å². The van der Waals surface area contributed by atoms with Crippen LogP contribution in [-0.4, -0.2) is 11.7 Å². The molecule has 0 saturated heterocycles. The summed E-state index contributed by atoms with van der Waals surface area (Å²) in [5.41, 5.74) is 1.47. The molecule has 2 rings (SSSR count). The summed E-state index contributed by atoms with van der Waals surface area (Å²) in [7, 11) is 0. The highest BCUT2D eigenvalue weighted by molar-refractivity contribution is 9.10. The molecule has 2 aromatic rings. The highest BCUT2D eigenvalue weighted by Gasteiger charge is 2.17. The number of aliphatic hydroxyl groups is 1. The van der Waals surface area contributed by atoms with E-state index in [1.165, 1.54) is 6.26 Å². The van der Waals surface area contributed by atoms with Crippen LogP contribution in [0.1, 0.15) is 24.2 Å². The SMILES string of the molecule is CCOc1ccc(C(O)c2ccoc2Br)cc1Br. The molecule has 0 spiro atoms. The van der Waals surface area contributed by atoms with Gasteiger partial charge in [-0.05, 0) is 62.5 Å². The molecule has 0 fully saturated rings. The summed E-state index contributed by atoms with van der Waals surface area (Å²) in [6.45, 7) is 2.53. The molecule has 18 heavy (non-hydrogen) atoms. The molecule has 1 aromatic carbocycles. The molecule has 0 bridgehead atoms. The Labute approximate surface area is 122 Å². The van der Waals surface area contributed by atoms with E-state index in [0.29, 0.717) is 16.8 Å². The van der Waals surface area contributed by atoms with E-state index < -0.39 is 6.10 Å². The van der Waals surface area contributed by atoms with Gasteiger partial charge in [-0.3, -0.25) is 0 Å². The first-order valence-electron chi connectivity index (χ1n) is 5.46. The van der Waals surface area contributed by atoms with Gasteiger partial charge in [-0.15, -0.1) is 0 Å². The van der Waals surface area contributed by atoms with E-state index in [0.717, 1.165) is 15.8 Å². The first kappa shape index (κ1) is 13.6. The molecule has 0 aliphatic heterocycles. The normalized spacial score (nSPS) is 12.4. The van der Waals surface area contributed by atoms with Gasteiger partial charge in [0.05, 0.1) is 17.3 Å². The zero-order valence-electron chi connectivity index (χ0n) is 9.69. The van der Waals surface area contributed by atoms with Crippen molar-refractivity contribution in [1.29, 1.82) is 0 Å². The lowest BCUT2D eigenvalue weighted by Crippen LogP contribution is -2.00. The number of rotatable bonds is 4. The number of aliphatic hydroxyl groups excluding tert-OH is 1. The highest BCUT2D eigenvalue weighted by atomic mass is 79.9. The lowest BCUT2D eigenvalue weighted by Gasteiger charge is -2.12. The van der Waals surface area contributed by atoms with Crippen LogP contribution in [0.2, 0.25) is 0 Å².